The number of hydrogen-bond acceptors (Lipinski definition) is 4. The zero-order valence-corrected chi connectivity index (χ0v) is 5.99. The molecule has 0 aliphatic carbocycles. The van der Waals surface area contributed by atoms with Crippen LogP contribution in [0.2, 0.25) is 0 Å². The lowest BCUT2D eigenvalue weighted by Gasteiger charge is -2.23. The number of nitrogens with zero attached hydrogens (tertiary/aromatic N) is 1. The predicted molar refractivity (Wildman–Crippen MR) is 35.4 cm³/mol. The number of cyclic esters (lactones) is 1. The smallest absolute Gasteiger partial charge is 0.308 e. The van der Waals surface area contributed by atoms with Gasteiger partial charge in [0.05, 0.1) is 25.0 Å². The van der Waals surface area contributed by atoms with Crippen molar-refractivity contribution in [1.29, 1.82) is 5.26 Å². The van der Waals surface area contributed by atoms with Gasteiger partial charge in [-0.15, -0.1) is 0 Å². The Balaban J connectivity index is 2.44. The monoisotopic (exact) mass is 155 g/mol. The average molecular weight is 155 g/mol. The third-order valence-electron chi connectivity index (χ3n) is 1.55. The number of ether oxygens (including phenoxy) is 1. The zero-order chi connectivity index (χ0) is 8.27. The largest absolute Gasteiger partial charge is 0.461 e. The number of rotatable bonds is 1. The molecule has 2 unspecified atom stereocenters. The Bertz CT molecular complexity index is 196. The van der Waals surface area contributed by atoms with E-state index in [1.165, 1.54) is 0 Å². The molecule has 4 heteroatoms. The first-order chi connectivity index (χ1) is 5.22. The maximum absolute atomic E-state index is 10.7. The van der Waals surface area contributed by atoms with E-state index in [1.54, 1.807) is 0 Å². The summed E-state index contributed by atoms with van der Waals surface area (Å²) in [5.74, 6) is -0.413. The van der Waals surface area contributed by atoms with Crippen LogP contribution in [-0.4, -0.2) is 23.3 Å². The van der Waals surface area contributed by atoms with Crippen LogP contribution in [-0.2, 0) is 9.53 Å². The summed E-state index contributed by atoms with van der Waals surface area (Å²) < 4.78 is 4.78. The Hall–Kier alpha value is -1.08. The van der Waals surface area contributed by atoms with E-state index in [4.69, 9.17) is 15.1 Å². The first kappa shape index (κ1) is 8.02. The van der Waals surface area contributed by atoms with Gasteiger partial charge >= 0.3 is 5.97 Å². The number of nitriles is 1. The van der Waals surface area contributed by atoms with Crippen molar-refractivity contribution in [2.75, 3.05) is 0 Å². The molecule has 0 bridgehead atoms. The van der Waals surface area contributed by atoms with Gasteiger partial charge in [0, 0.05) is 6.42 Å². The number of aliphatic hydroxyl groups excluding tert-OH is 1. The van der Waals surface area contributed by atoms with Crippen LogP contribution in [0, 0.1) is 11.3 Å². The molecule has 0 saturated carbocycles. The molecule has 1 rings (SSSR count). The van der Waals surface area contributed by atoms with E-state index in [2.05, 4.69) is 0 Å². The van der Waals surface area contributed by atoms with Crippen LogP contribution in [0.15, 0.2) is 0 Å². The van der Waals surface area contributed by atoms with Gasteiger partial charge in [0.25, 0.3) is 0 Å². The van der Waals surface area contributed by atoms with Crippen molar-refractivity contribution < 1.29 is 14.6 Å². The van der Waals surface area contributed by atoms with Crippen molar-refractivity contribution in [1.82, 2.24) is 0 Å². The van der Waals surface area contributed by atoms with Crippen molar-refractivity contribution in [3.8, 4) is 6.07 Å². The molecule has 1 saturated heterocycles. The highest BCUT2D eigenvalue weighted by Gasteiger charge is 2.26. The van der Waals surface area contributed by atoms with E-state index in [1.807, 2.05) is 6.07 Å². The number of carbonyl (C=O) groups excluding carboxylic acids is 1. The summed E-state index contributed by atoms with van der Waals surface area (Å²) in [5, 5.41) is 17.3. The van der Waals surface area contributed by atoms with Crippen LogP contribution in [0.5, 0.6) is 0 Å². The van der Waals surface area contributed by atoms with E-state index >= 15 is 0 Å². The first-order valence-electron chi connectivity index (χ1n) is 3.47. The van der Waals surface area contributed by atoms with Crippen LogP contribution in [0.25, 0.3) is 0 Å². The maximum Gasteiger partial charge on any atom is 0.308 e. The third-order valence-corrected chi connectivity index (χ3v) is 1.55. The third kappa shape index (κ3) is 2.20. The summed E-state index contributed by atoms with van der Waals surface area (Å²) in [6.45, 7) is 0. The fraction of sp³-hybridized carbons (Fsp3) is 0.714. The Morgan fingerprint density at radius 1 is 1.82 bits per heavy atom. The summed E-state index contributed by atoms with van der Waals surface area (Å²) in [6, 6.07) is 1.89. The van der Waals surface area contributed by atoms with Gasteiger partial charge in [-0.1, -0.05) is 0 Å². The number of esters is 1. The Labute approximate surface area is 64.4 Å². The number of aliphatic hydroxyl groups is 1. The summed E-state index contributed by atoms with van der Waals surface area (Å²) in [7, 11) is 0. The molecule has 1 aliphatic rings. The molecule has 1 N–H and O–H groups in total. The number of carbonyl (C=O) groups is 1. The van der Waals surface area contributed by atoms with E-state index in [0.717, 1.165) is 0 Å². The predicted octanol–water partition coefficient (Wildman–Crippen LogP) is -0.0334. The first-order valence-corrected chi connectivity index (χ1v) is 3.47. The molecule has 11 heavy (non-hydrogen) atoms. The second kappa shape index (κ2) is 3.35. The molecular formula is C7H9NO3. The average Bonchev–Trinajstić information content (AvgIpc) is 1.85. The molecule has 0 aromatic heterocycles. The molecule has 1 heterocycles. The second-order valence-electron chi connectivity index (χ2n) is 2.57. The van der Waals surface area contributed by atoms with E-state index < -0.39 is 18.2 Å². The lowest BCUT2D eigenvalue weighted by Crippen LogP contribution is -2.32. The van der Waals surface area contributed by atoms with Gasteiger partial charge in [-0.25, -0.2) is 0 Å². The van der Waals surface area contributed by atoms with Gasteiger partial charge in [-0.3, -0.25) is 4.79 Å². The Kier molecular flexibility index (Phi) is 2.44. The zero-order valence-electron chi connectivity index (χ0n) is 5.99. The van der Waals surface area contributed by atoms with Gasteiger partial charge < -0.3 is 9.84 Å². The summed E-state index contributed by atoms with van der Waals surface area (Å²) in [5.41, 5.74) is 0. The van der Waals surface area contributed by atoms with Crippen molar-refractivity contribution in [2.24, 2.45) is 0 Å². The maximum atomic E-state index is 10.7. The lowest BCUT2D eigenvalue weighted by atomic mass is 10.0. The highest BCUT2D eigenvalue weighted by atomic mass is 16.5. The molecule has 0 aromatic carbocycles. The van der Waals surface area contributed by atoms with Crippen LogP contribution in [0.4, 0.5) is 0 Å². The fourth-order valence-electron chi connectivity index (χ4n) is 1.09. The standard InChI is InChI=1S/C7H9NO3/c8-2-1-6-3-5(9)4-7(10)11-6/h5-6,9H,1,3-4H2. The SMILES string of the molecule is N#CCC1CC(O)CC(=O)O1. The van der Waals surface area contributed by atoms with Gasteiger partial charge in [0.1, 0.15) is 6.10 Å². The molecular weight excluding hydrogens is 146 g/mol. The van der Waals surface area contributed by atoms with Crippen molar-refractivity contribution in [3.63, 3.8) is 0 Å². The molecule has 1 fully saturated rings. The van der Waals surface area contributed by atoms with Gasteiger partial charge in [0.2, 0.25) is 0 Å². The second-order valence-corrected chi connectivity index (χ2v) is 2.57. The highest BCUT2D eigenvalue weighted by molar-refractivity contribution is 5.70. The molecule has 0 radical (unpaired) electrons. The minimum Gasteiger partial charge on any atom is -0.461 e. The quantitative estimate of drug-likeness (QED) is 0.539. The van der Waals surface area contributed by atoms with Gasteiger partial charge in [-0.2, -0.15) is 5.26 Å². The van der Waals surface area contributed by atoms with Crippen LogP contribution in [0.1, 0.15) is 19.3 Å². The van der Waals surface area contributed by atoms with Crippen molar-refractivity contribution >= 4 is 5.97 Å². The molecule has 2 atom stereocenters. The Morgan fingerprint density at radius 2 is 2.55 bits per heavy atom. The van der Waals surface area contributed by atoms with Crippen molar-refractivity contribution in [3.05, 3.63) is 0 Å². The van der Waals surface area contributed by atoms with E-state index in [0.29, 0.717) is 6.42 Å². The highest BCUT2D eigenvalue weighted by Crippen LogP contribution is 2.16. The van der Waals surface area contributed by atoms with Crippen LogP contribution in [0.3, 0.4) is 0 Å². The molecule has 0 spiro atoms. The summed E-state index contributed by atoms with van der Waals surface area (Å²) >= 11 is 0. The summed E-state index contributed by atoms with van der Waals surface area (Å²) in [6.07, 6.45) is -0.421. The van der Waals surface area contributed by atoms with Crippen molar-refractivity contribution in [2.45, 2.75) is 31.5 Å². The topological polar surface area (TPSA) is 70.3 Å². The van der Waals surface area contributed by atoms with E-state index in [9.17, 15) is 4.79 Å². The lowest BCUT2D eigenvalue weighted by molar-refractivity contribution is -0.159. The van der Waals surface area contributed by atoms with Crippen LogP contribution >= 0.6 is 0 Å². The fourth-order valence-corrected chi connectivity index (χ4v) is 1.09. The Morgan fingerprint density at radius 3 is 3.09 bits per heavy atom. The molecule has 0 aromatic rings. The van der Waals surface area contributed by atoms with Gasteiger partial charge in [-0.05, 0) is 0 Å². The minimum atomic E-state index is -0.630. The summed E-state index contributed by atoms with van der Waals surface area (Å²) in [4.78, 5) is 10.7. The number of hydrogen-bond donors (Lipinski definition) is 1. The van der Waals surface area contributed by atoms with Gasteiger partial charge in [0.15, 0.2) is 0 Å². The minimum absolute atomic E-state index is 0.0575. The molecule has 1 aliphatic heterocycles. The van der Waals surface area contributed by atoms with Crippen LogP contribution < -0.4 is 0 Å². The molecule has 60 valence electrons. The normalized spacial score (nSPS) is 30.7. The van der Waals surface area contributed by atoms with E-state index in [-0.39, 0.29) is 12.8 Å². The molecule has 0 amide bonds. The molecule has 4 nitrogen and oxygen atoms in total.